The van der Waals surface area contributed by atoms with E-state index in [0.717, 1.165) is 8.26 Å². The molecule has 0 unspecified atom stereocenters. The minimum Gasteiger partial charge on any atom is -0.485 e. The molecule has 0 aliphatic rings. The predicted molar refractivity (Wildman–Crippen MR) is 93.9 cm³/mol. The minimum absolute atomic E-state index is 0.0495. The van der Waals surface area contributed by atoms with Crippen molar-refractivity contribution >= 4 is 49.2 Å². The summed E-state index contributed by atoms with van der Waals surface area (Å²) in [6, 6.07) is 7.23. The number of nitrogens with zero attached hydrogens (tertiary/aromatic N) is 2. The van der Waals surface area contributed by atoms with Gasteiger partial charge in [0.15, 0.2) is 13.2 Å². The van der Waals surface area contributed by atoms with Crippen LogP contribution in [0.15, 0.2) is 43.1 Å². The zero-order chi connectivity index (χ0) is 17.8. The molecular weight excluding hydrogens is 483 g/mol. The Balaban J connectivity index is 1.51. The lowest BCUT2D eigenvalue weighted by Gasteiger charge is -2.02. The number of esters is 1. The van der Waals surface area contributed by atoms with E-state index in [0.29, 0.717) is 10.6 Å². The van der Waals surface area contributed by atoms with E-state index in [9.17, 15) is 9.18 Å². The average Bonchev–Trinajstić information content (AvgIpc) is 3.19. The highest BCUT2D eigenvalue weighted by molar-refractivity contribution is 9.13. The van der Waals surface area contributed by atoms with Crippen LogP contribution >= 0.6 is 43.2 Å². The molecule has 3 rings (SSSR count). The van der Waals surface area contributed by atoms with Crippen molar-refractivity contribution in [1.29, 1.82) is 0 Å². The van der Waals surface area contributed by atoms with Crippen LogP contribution in [0.3, 0.4) is 0 Å². The van der Waals surface area contributed by atoms with E-state index in [1.807, 2.05) is 0 Å². The highest BCUT2D eigenvalue weighted by Gasteiger charge is 2.15. The van der Waals surface area contributed by atoms with Crippen LogP contribution in [0.4, 0.5) is 4.39 Å². The lowest BCUT2D eigenvalue weighted by atomic mass is 10.3. The SMILES string of the molecule is O=C(OCc1nc(COc2ccc(F)cc2)no1)c1cc(Br)c(Br)s1. The van der Waals surface area contributed by atoms with Gasteiger partial charge in [0.25, 0.3) is 5.89 Å². The second-order valence-electron chi connectivity index (χ2n) is 4.66. The summed E-state index contributed by atoms with van der Waals surface area (Å²) >= 11 is 7.87. The molecule has 2 heterocycles. The number of carbonyl (C=O) groups is 1. The van der Waals surface area contributed by atoms with Gasteiger partial charge in [0.1, 0.15) is 16.4 Å². The number of benzene rings is 1. The van der Waals surface area contributed by atoms with Gasteiger partial charge in [-0.2, -0.15) is 4.98 Å². The van der Waals surface area contributed by atoms with Gasteiger partial charge in [-0.05, 0) is 62.2 Å². The van der Waals surface area contributed by atoms with E-state index in [1.54, 1.807) is 6.07 Å². The molecule has 0 aliphatic carbocycles. The normalized spacial score (nSPS) is 10.7. The molecule has 6 nitrogen and oxygen atoms in total. The fraction of sp³-hybridized carbons (Fsp3) is 0.133. The molecule has 0 atom stereocenters. The van der Waals surface area contributed by atoms with Crippen molar-refractivity contribution in [1.82, 2.24) is 10.1 Å². The van der Waals surface area contributed by atoms with Crippen molar-refractivity contribution in [2.45, 2.75) is 13.2 Å². The number of halogens is 3. The number of thiophene rings is 1. The zero-order valence-electron chi connectivity index (χ0n) is 12.4. The molecule has 0 fully saturated rings. The van der Waals surface area contributed by atoms with Crippen LogP contribution in [-0.4, -0.2) is 16.1 Å². The Labute approximate surface area is 162 Å². The monoisotopic (exact) mass is 490 g/mol. The molecule has 130 valence electrons. The molecule has 3 aromatic rings. The maximum absolute atomic E-state index is 12.8. The Morgan fingerprint density at radius 1 is 1.24 bits per heavy atom. The van der Waals surface area contributed by atoms with Crippen molar-refractivity contribution in [3.63, 3.8) is 0 Å². The van der Waals surface area contributed by atoms with Crippen LogP contribution in [0.2, 0.25) is 0 Å². The van der Waals surface area contributed by atoms with Crippen molar-refractivity contribution < 1.29 is 23.2 Å². The molecule has 2 aromatic heterocycles. The molecule has 0 saturated heterocycles. The van der Waals surface area contributed by atoms with Crippen LogP contribution in [-0.2, 0) is 18.0 Å². The maximum Gasteiger partial charge on any atom is 0.348 e. The summed E-state index contributed by atoms with van der Waals surface area (Å²) in [4.78, 5) is 16.4. The van der Waals surface area contributed by atoms with Gasteiger partial charge in [-0.3, -0.25) is 0 Å². The summed E-state index contributed by atoms with van der Waals surface area (Å²) in [6.07, 6.45) is 0. The minimum atomic E-state index is -0.487. The third kappa shape index (κ3) is 4.86. The topological polar surface area (TPSA) is 74.5 Å². The largest absolute Gasteiger partial charge is 0.485 e. The molecule has 0 radical (unpaired) electrons. The molecule has 0 saturated carbocycles. The van der Waals surface area contributed by atoms with Crippen LogP contribution in [0.25, 0.3) is 0 Å². The van der Waals surface area contributed by atoms with Gasteiger partial charge in [-0.25, -0.2) is 9.18 Å². The van der Waals surface area contributed by atoms with Crippen molar-refractivity contribution in [2.24, 2.45) is 0 Å². The van der Waals surface area contributed by atoms with Gasteiger partial charge in [-0.15, -0.1) is 11.3 Å². The van der Waals surface area contributed by atoms with Gasteiger partial charge in [0.2, 0.25) is 5.82 Å². The van der Waals surface area contributed by atoms with E-state index in [2.05, 4.69) is 42.0 Å². The number of hydrogen-bond acceptors (Lipinski definition) is 7. The molecule has 0 aliphatic heterocycles. The fourth-order valence-corrected chi connectivity index (χ4v) is 3.66. The quantitative estimate of drug-likeness (QED) is 0.464. The van der Waals surface area contributed by atoms with Crippen LogP contribution in [0.1, 0.15) is 21.4 Å². The van der Waals surface area contributed by atoms with Crippen molar-refractivity contribution in [2.75, 3.05) is 0 Å². The van der Waals surface area contributed by atoms with Crippen molar-refractivity contribution in [3.8, 4) is 5.75 Å². The molecule has 0 bridgehead atoms. The van der Waals surface area contributed by atoms with Gasteiger partial charge in [0, 0.05) is 4.47 Å². The van der Waals surface area contributed by atoms with Gasteiger partial charge in [0.05, 0.1) is 3.79 Å². The first-order chi connectivity index (χ1) is 12.0. The van der Waals surface area contributed by atoms with Crippen LogP contribution < -0.4 is 4.74 Å². The Bertz CT molecular complexity index is 863. The third-order valence-electron chi connectivity index (χ3n) is 2.86. The number of carbonyl (C=O) groups excluding carboxylic acids is 1. The molecule has 25 heavy (non-hydrogen) atoms. The summed E-state index contributed by atoms with van der Waals surface area (Å²) in [7, 11) is 0. The van der Waals surface area contributed by atoms with Crippen molar-refractivity contribution in [3.05, 3.63) is 61.0 Å². The summed E-state index contributed by atoms with van der Waals surface area (Å²) in [5.41, 5.74) is 0. The lowest BCUT2D eigenvalue weighted by Crippen LogP contribution is -2.03. The standard InChI is InChI=1S/C15H9Br2FN2O4S/c16-10-5-11(25-14(10)17)15(21)23-7-13-19-12(20-24-13)6-22-9-3-1-8(18)2-4-9/h1-5H,6-7H2. The Morgan fingerprint density at radius 2 is 2.00 bits per heavy atom. The Morgan fingerprint density at radius 3 is 2.68 bits per heavy atom. The fourth-order valence-electron chi connectivity index (χ4n) is 1.73. The summed E-state index contributed by atoms with van der Waals surface area (Å²) in [5.74, 6) is 0.0882. The van der Waals surface area contributed by atoms with E-state index in [4.69, 9.17) is 14.0 Å². The average molecular weight is 492 g/mol. The lowest BCUT2D eigenvalue weighted by molar-refractivity contribution is 0.0435. The van der Waals surface area contributed by atoms with E-state index in [-0.39, 0.29) is 30.7 Å². The first-order valence-electron chi connectivity index (χ1n) is 6.83. The van der Waals surface area contributed by atoms with Gasteiger partial charge >= 0.3 is 5.97 Å². The van der Waals surface area contributed by atoms with Gasteiger partial charge in [-0.1, -0.05) is 5.16 Å². The smallest absolute Gasteiger partial charge is 0.348 e. The molecule has 0 amide bonds. The van der Waals surface area contributed by atoms with Gasteiger partial charge < -0.3 is 14.0 Å². The Kier molecular flexibility index (Phi) is 5.82. The summed E-state index contributed by atoms with van der Waals surface area (Å²) < 4.78 is 29.9. The summed E-state index contributed by atoms with van der Waals surface area (Å²) in [5, 5.41) is 3.73. The molecule has 0 N–H and O–H groups in total. The molecule has 10 heteroatoms. The van der Waals surface area contributed by atoms with E-state index in [1.165, 1.54) is 35.6 Å². The van der Waals surface area contributed by atoms with Crippen LogP contribution in [0.5, 0.6) is 5.75 Å². The molecular formula is C15H9Br2FN2O4S. The van der Waals surface area contributed by atoms with E-state index < -0.39 is 5.97 Å². The second-order valence-corrected chi connectivity index (χ2v) is 7.88. The number of rotatable bonds is 6. The first kappa shape index (κ1) is 18.0. The van der Waals surface area contributed by atoms with Crippen LogP contribution in [0, 0.1) is 5.82 Å². The number of aromatic nitrogens is 2. The zero-order valence-corrected chi connectivity index (χ0v) is 16.4. The first-order valence-corrected chi connectivity index (χ1v) is 9.23. The Hall–Kier alpha value is -1.78. The number of ether oxygens (including phenoxy) is 2. The third-order valence-corrected chi connectivity index (χ3v) is 6.10. The summed E-state index contributed by atoms with van der Waals surface area (Å²) in [6.45, 7) is -0.0938. The molecule has 0 spiro atoms. The molecule has 1 aromatic carbocycles. The maximum atomic E-state index is 12.8. The second kappa shape index (κ2) is 8.07. The highest BCUT2D eigenvalue weighted by Crippen LogP contribution is 2.32. The number of hydrogen-bond donors (Lipinski definition) is 0. The van der Waals surface area contributed by atoms with E-state index >= 15 is 0 Å². The highest BCUT2D eigenvalue weighted by atomic mass is 79.9. The predicted octanol–water partition coefficient (Wildman–Crippen LogP) is 4.73.